The van der Waals surface area contributed by atoms with Gasteiger partial charge in [-0.1, -0.05) is 25.3 Å². The second kappa shape index (κ2) is 4.76. The van der Waals surface area contributed by atoms with Crippen LogP contribution in [0, 0.1) is 0 Å². The minimum Gasteiger partial charge on any atom is -0.492 e. The van der Waals surface area contributed by atoms with Crippen LogP contribution in [-0.2, 0) is 4.79 Å². The normalized spacial score (nSPS) is 20.4. The molecule has 1 fully saturated rings. The second-order valence-electron chi connectivity index (χ2n) is 5.33. The van der Waals surface area contributed by atoms with Gasteiger partial charge in [0, 0.05) is 0 Å². The molecule has 1 heterocycles. The van der Waals surface area contributed by atoms with Crippen LogP contribution in [0.5, 0.6) is 5.75 Å². The van der Waals surface area contributed by atoms with Gasteiger partial charge in [-0.05, 0) is 31.9 Å². The number of hydrogen-bond donors (Lipinski definition) is 2. The summed E-state index contributed by atoms with van der Waals surface area (Å²) in [4.78, 5) is 12.5. The molecule has 0 saturated heterocycles. The molecule has 2 aliphatic rings. The Morgan fingerprint density at radius 2 is 2.05 bits per heavy atom. The number of hydrogen-bond acceptors (Lipinski definition) is 3. The van der Waals surface area contributed by atoms with E-state index < -0.39 is 5.54 Å². The lowest BCUT2D eigenvalue weighted by Crippen LogP contribution is -2.53. The molecule has 0 atom stereocenters. The van der Waals surface area contributed by atoms with Crippen LogP contribution in [-0.4, -0.2) is 18.1 Å². The number of carbonyl (C=O) groups is 1. The Bertz CT molecular complexity index is 493. The molecule has 0 aromatic heterocycles. The molecule has 0 unspecified atom stereocenters. The van der Waals surface area contributed by atoms with Crippen LogP contribution in [0.4, 0.5) is 11.4 Å². The van der Waals surface area contributed by atoms with Gasteiger partial charge >= 0.3 is 0 Å². The molecule has 4 nitrogen and oxygen atoms in total. The van der Waals surface area contributed by atoms with Crippen molar-refractivity contribution in [2.24, 2.45) is 0 Å². The molecule has 1 amide bonds. The van der Waals surface area contributed by atoms with E-state index in [1.165, 1.54) is 6.42 Å². The summed E-state index contributed by atoms with van der Waals surface area (Å²) in [6.07, 6.45) is 5.28. The van der Waals surface area contributed by atoms with Gasteiger partial charge in [-0.3, -0.25) is 4.79 Å². The molecular weight excluding hydrogens is 240 g/mol. The molecular formula is C15H20N2O2. The van der Waals surface area contributed by atoms with Crippen molar-refractivity contribution in [1.29, 1.82) is 0 Å². The standard InChI is InChI=1S/C15H20N2O2/c1-2-19-12-8-6-7-11-13(12)16-14(18)15(17-11)9-4-3-5-10-15/h6-8,17H,2-5,9-10H2,1H3,(H,16,18). The van der Waals surface area contributed by atoms with Crippen molar-refractivity contribution in [3.63, 3.8) is 0 Å². The average Bonchev–Trinajstić information content (AvgIpc) is 2.42. The first-order valence-corrected chi connectivity index (χ1v) is 7.11. The second-order valence-corrected chi connectivity index (χ2v) is 5.33. The maximum absolute atomic E-state index is 12.5. The molecule has 19 heavy (non-hydrogen) atoms. The van der Waals surface area contributed by atoms with Crippen LogP contribution < -0.4 is 15.4 Å². The Kier molecular flexibility index (Phi) is 3.09. The van der Waals surface area contributed by atoms with Crippen LogP contribution in [0.3, 0.4) is 0 Å². The predicted octanol–water partition coefficient (Wildman–Crippen LogP) is 3.15. The van der Waals surface area contributed by atoms with Crippen LogP contribution in [0.25, 0.3) is 0 Å². The number of amides is 1. The van der Waals surface area contributed by atoms with Gasteiger partial charge in [-0.15, -0.1) is 0 Å². The molecule has 0 bridgehead atoms. The van der Waals surface area contributed by atoms with E-state index in [9.17, 15) is 4.79 Å². The van der Waals surface area contributed by atoms with E-state index in [0.717, 1.165) is 42.8 Å². The number of fused-ring (bicyclic) bond motifs is 1. The minimum atomic E-state index is -0.407. The lowest BCUT2D eigenvalue weighted by atomic mass is 9.79. The Hall–Kier alpha value is -1.71. The third-order valence-electron chi connectivity index (χ3n) is 4.08. The highest BCUT2D eigenvalue weighted by molar-refractivity contribution is 6.07. The minimum absolute atomic E-state index is 0.0897. The molecule has 1 aromatic rings. The van der Waals surface area contributed by atoms with Gasteiger partial charge in [-0.2, -0.15) is 0 Å². The average molecular weight is 260 g/mol. The summed E-state index contributed by atoms with van der Waals surface area (Å²) in [7, 11) is 0. The lowest BCUT2D eigenvalue weighted by molar-refractivity contribution is -0.121. The Balaban J connectivity index is 1.95. The molecule has 0 radical (unpaired) electrons. The third-order valence-corrected chi connectivity index (χ3v) is 4.08. The van der Waals surface area contributed by atoms with Gasteiger partial charge in [0.05, 0.1) is 12.3 Å². The van der Waals surface area contributed by atoms with Gasteiger partial charge < -0.3 is 15.4 Å². The van der Waals surface area contributed by atoms with Crippen molar-refractivity contribution >= 4 is 17.3 Å². The van der Waals surface area contributed by atoms with Crippen molar-refractivity contribution in [3.05, 3.63) is 18.2 Å². The maximum atomic E-state index is 12.5. The Morgan fingerprint density at radius 3 is 2.79 bits per heavy atom. The van der Waals surface area contributed by atoms with Crippen molar-refractivity contribution in [2.75, 3.05) is 17.2 Å². The SMILES string of the molecule is CCOc1cccc2c1NC(=O)C1(CCCCC1)N2. The summed E-state index contributed by atoms with van der Waals surface area (Å²) < 4.78 is 5.57. The van der Waals surface area contributed by atoms with Crippen molar-refractivity contribution in [1.82, 2.24) is 0 Å². The molecule has 2 N–H and O–H groups in total. The summed E-state index contributed by atoms with van der Waals surface area (Å²) >= 11 is 0. The quantitative estimate of drug-likeness (QED) is 0.858. The van der Waals surface area contributed by atoms with Crippen molar-refractivity contribution < 1.29 is 9.53 Å². The zero-order valence-corrected chi connectivity index (χ0v) is 11.3. The zero-order valence-electron chi connectivity index (χ0n) is 11.3. The molecule has 1 saturated carbocycles. The number of nitrogens with one attached hydrogen (secondary N) is 2. The molecule has 1 aromatic carbocycles. The fraction of sp³-hybridized carbons (Fsp3) is 0.533. The van der Waals surface area contributed by atoms with Gasteiger partial charge in [0.15, 0.2) is 0 Å². The predicted molar refractivity (Wildman–Crippen MR) is 75.7 cm³/mol. The van der Waals surface area contributed by atoms with E-state index in [0.29, 0.717) is 6.61 Å². The van der Waals surface area contributed by atoms with E-state index in [-0.39, 0.29) is 5.91 Å². The first kappa shape index (κ1) is 12.3. The fourth-order valence-electron chi connectivity index (χ4n) is 3.10. The molecule has 1 aliphatic carbocycles. The van der Waals surface area contributed by atoms with Crippen molar-refractivity contribution in [2.45, 2.75) is 44.6 Å². The summed E-state index contributed by atoms with van der Waals surface area (Å²) in [6.45, 7) is 2.54. The number of rotatable bonds is 2. The van der Waals surface area contributed by atoms with E-state index in [2.05, 4.69) is 10.6 Å². The monoisotopic (exact) mass is 260 g/mol. The maximum Gasteiger partial charge on any atom is 0.250 e. The van der Waals surface area contributed by atoms with Crippen molar-refractivity contribution in [3.8, 4) is 5.75 Å². The van der Waals surface area contributed by atoms with Crippen LogP contribution in [0.2, 0.25) is 0 Å². The van der Waals surface area contributed by atoms with E-state index in [1.807, 2.05) is 25.1 Å². The lowest BCUT2D eigenvalue weighted by Gasteiger charge is -2.41. The van der Waals surface area contributed by atoms with Gasteiger partial charge in [0.1, 0.15) is 17.0 Å². The first-order valence-electron chi connectivity index (χ1n) is 7.11. The smallest absolute Gasteiger partial charge is 0.250 e. The summed E-state index contributed by atoms with van der Waals surface area (Å²) in [5.41, 5.74) is 1.36. The van der Waals surface area contributed by atoms with Crippen LogP contribution >= 0.6 is 0 Å². The van der Waals surface area contributed by atoms with E-state index in [4.69, 9.17) is 4.74 Å². The van der Waals surface area contributed by atoms with Crippen LogP contribution in [0.1, 0.15) is 39.0 Å². The summed E-state index contributed by atoms with van der Waals surface area (Å²) in [5, 5.41) is 6.52. The Labute approximate surface area is 113 Å². The topological polar surface area (TPSA) is 50.4 Å². The van der Waals surface area contributed by atoms with Gasteiger partial charge in [0.2, 0.25) is 5.91 Å². The number of ether oxygens (including phenoxy) is 1. The molecule has 4 heteroatoms. The molecule has 3 rings (SSSR count). The van der Waals surface area contributed by atoms with E-state index in [1.54, 1.807) is 0 Å². The highest BCUT2D eigenvalue weighted by Crippen LogP contribution is 2.42. The molecule has 102 valence electrons. The number of benzene rings is 1. The zero-order chi connectivity index (χ0) is 13.3. The fourth-order valence-corrected chi connectivity index (χ4v) is 3.10. The summed E-state index contributed by atoms with van der Waals surface area (Å²) in [5.74, 6) is 0.832. The Morgan fingerprint density at radius 1 is 1.26 bits per heavy atom. The van der Waals surface area contributed by atoms with E-state index >= 15 is 0 Å². The number of carbonyl (C=O) groups excluding carboxylic acids is 1. The highest BCUT2D eigenvalue weighted by Gasteiger charge is 2.43. The number of para-hydroxylation sites is 1. The molecule has 1 aliphatic heterocycles. The molecule has 1 spiro atoms. The van der Waals surface area contributed by atoms with Gasteiger partial charge in [-0.25, -0.2) is 0 Å². The number of anilines is 2. The third kappa shape index (κ3) is 2.05. The van der Waals surface area contributed by atoms with Gasteiger partial charge in [0.25, 0.3) is 0 Å². The largest absolute Gasteiger partial charge is 0.492 e. The van der Waals surface area contributed by atoms with Crippen LogP contribution in [0.15, 0.2) is 18.2 Å². The summed E-state index contributed by atoms with van der Waals surface area (Å²) in [6, 6.07) is 5.86. The highest BCUT2D eigenvalue weighted by atomic mass is 16.5. The first-order chi connectivity index (χ1) is 9.25.